The molecule has 0 fully saturated rings. The molecule has 0 spiro atoms. The fraction of sp³-hybridized carbons (Fsp3) is 0.875. The van der Waals surface area contributed by atoms with Crippen LogP contribution < -0.4 is 5.32 Å². The minimum atomic E-state index is -1.04. The van der Waals surface area contributed by atoms with Gasteiger partial charge in [0.05, 0.1) is 11.0 Å². The van der Waals surface area contributed by atoms with Crippen molar-refractivity contribution in [1.82, 2.24) is 10.2 Å². The number of hydrogen-bond donors (Lipinski definition) is 2. The Hall–Kier alpha value is -1.26. The molecule has 0 unspecified atom stereocenters. The van der Waals surface area contributed by atoms with E-state index in [0.717, 1.165) is 12.8 Å². The molecule has 0 aromatic heterocycles. The van der Waals surface area contributed by atoms with Crippen LogP contribution in [0.3, 0.4) is 0 Å². The molecule has 21 heavy (non-hydrogen) atoms. The summed E-state index contributed by atoms with van der Waals surface area (Å²) in [5.74, 6) is -0.442. The molecule has 0 aliphatic rings. The molecule has 0 rings (SSSR count). The Labute approximate surface area is 129 Å². The van der Waals surface area contributed by atoms with E-state index in [2.05, 4.69) is 19.2 Å². The van der Waals surface area contributed by atoms with Crippen molar-refractivity contribution in [3.8, 4) is 0 Å². The first-order valence-electron chi connectivity index (χ1n) is 7.83. The minimum Gasteiger partial charge on any atom is -0.481 e. The Kier molecular flexibility index (Phi) is 7.20. The number of nitrogens with one attached hydrogen (secondary N) is 1. The van der Waals surface area contributed by atoms with Crippen molar-refractivity contribution in [2.24, 2.45) is 11.3 Å². The highest BCUT2D eigenvalue weighted by Crippen LogP contribution is 2.30. The molecule has 124 valence electrons. The number of carboxylic acid groups (broad SMARTS) is 1. The largest absolute Gasteiger partial charge is 0.481 e. The zero-order chi connectivity index (χ0) is 16.8. The topological polar surface area (TPSA) is 69.6 Å². The molecule has 0 radical (unpaired) electrons. The predicted octanol–water partition coefficient (Wildman–Crippen LogP) is 3.34. The molecular weight excluding hydrogens is 268 g/mol. The quantitative estimate of drug-likeness (QED) is 0.722. The summed E-state index contributed by atoms with van der Waals surface area (Å²) in [6, 6.07) is -0.191. The molecule has 0 heterocycles. The molecule has 0 bridgehead atoms. The summed E-state index contributed by atoms with van der Waals surface area (Å²) in [4.78, 5) is 25.6. The van der Waals surface area contributed by atoms with E-state index in [9.17, 15) is 14.7 Å². The van der Waals surface area contributed by atoms with Crippen LogP contribution in [0.2, 0.25) is 0 Å². The maximum atomic E-state index is 12.4. The third kappa shape index (κ3) is 4.90. The Bertz CT molecular complexity index is 361. The number of carboxylic acids is 1. The average molecular weight is 300 g/mol. The first kappa shape index (κ1) is 19.7. The van der Waals surface area contributed by atoms with Gasteiger partial charge in [0, 0.05) is 13.1 Å². The molecule has 2 N–H and O–H groups in total. The van der Waals surface area contributed by atoms with Gasteiger partial charge in [0.1, 0.15) is 0 Å². The van der Waals surface area contributed by atoms with E-state index in [0.29, 0.717) is 19.0 Å². The second-order valence-corrected chi connectivity index (χ2v) is 6.71. The number of carbonyl (C=O) groups excluding carboxylic acids is 1. The van der Waals surface area contributed by atoms with Gasteiger partial charge in [-0.25, -0.2) is 4.79 Å². The maximum absolute atomic E-state index is 12.4. The molecule has 0 saturated carbocycles. The summed E-state index contributed by atoms with van der Waals surface area (Å²) < 4.78 is 0. The van der Waals surface area contributed by atoms with Crippen LogP contribution in [0, 0.1) is 11.3 Å². The predicted molar refractivity (Wildman–Crippen MR) is 85.3 cm³/mol. The summed E-state index contributed by atoms with van der Waals surface area (Å²) in [7, 11) is 0. The van der Waals surface area contributed by atoms with Gasteiger partial charge in [0.25, 0.3) is 0 Å². The van der Waals surface area contributed by atoms with Crippen molar-refractivity contribution in [3.63, 3.8) is 0 Å². The number of carbonyl (C=O) groups is 2. The number of rotatable bonds is 8. The van der Waals surface area contributed by atoms with Crippen molar-refractivity contribution in [2.45, 2.75) is 66.8 Å². The standard InChI is InChI=1S/C16H32N2O3/c1-8-12(9-2)11-18(10-3)14(21)17-16(6,7)15(4,5)13(19)20/h12H,8-11H2,1-7H3,(H,17,21)(H,19,20). The Balaban J connectivity index is 4.96. The van der Waals surface area contributed by atoms with Crippen LogP contribution in [-0.4, -0.2) is 40.6 Å². The third-order valence-electron chi connectivity index (χ3n) is 4.82. The molecule has 2 amide bonds. The second kappa shape index (κ2) is 7.66. The average Bonchev–Trinajstić information content (AvgIpc) is 2.39. The highest BCUT2D eigenvalue weighted by molar-refractivity contribution is 5.79. The fourth-order valence-corrected chi connectivity index (χ4v) is 1.98. The Morgan fingerprint density at radius 3 is 1.90 bits per heavy atom. The number of hydrogen-bond acceptors (Lipinski definition) is 2. The molecule has 0 aromatic rings. The normalized spacial score (nSPS) is 12.4. The van der Waals surface area contributed by atoms with Crippen molar-refractivity contribution >= 4 is 12.0 Å². The monoisotopic (exact) mass is 300 g/mol. The summed E-state index contributed by atoms with van der Waals surface area (Å²) in [5, 5.41) is 12.2. The van der Waals surface area contributed by atoms with Crippen LogP contribution in [0.5, 0.6) is 0 Å². The van der Waals surface area contributed by atoms with Crippen molar-refractivity contribution < 1.29 is 14.7 Å². The molecule has 0 aliphatic carbocycles. The van der Waals surface area contributed by atoms with Gasteiger partial charge in [-0.1, -0.05) is 26.7 Å². The molecule has 0 saturated heterocycles. The lowest BCUT2D eigenvalue weighted by Gasteiger charge is -2.40. The lowest BCUT2D eigenvalue weighted by molar-refractivity contribution is -0.150. The van der Waals surface area contributed by atoms with Crippen molar-refractivity contribution in [1.29, 1.82) is 0 Å². The van der Waals surface area contributed by atoms with E-state index < -0.39 is 16.9 Å². The minimum absolute atomic E-state index is 0.191. The summed E-state index contributed by atoms with van der Waals surface area (Å²) in [5.41, 5.74) is -1.88. The molecule has 0 aromatic carbocycles. The zero-order valence-corrected chi connectivity index (χ0v) is 14.6. The molecular formula is C16H32N2O3. The fourth-order valence-electron chi connectivity index (χ4n) is 1.98. The van der Waals surface area contributed by atoms with Gasteiger partial charge in [-0.2, -0.15) is 0 Å². The van der Waals surface area contributed by atoms with Crippen LogP contribution in [0.1, 0.15) is 61.3 Å². The van der Waals surface area contributed by atoms with E-state index in [1.165, 1.54) is 0 Å². The van der Waals surface area contributed by atoms with E-state index in [-0.39, 0.29) is 6.03 Å². The first-order chi connectivity index (χ1) is 9.53. The van der Waals surface area contributed by atoms with Gasteiger partial charge in [0.2, 0.25) is 0 Å². The summed E-state index contributed by atoms with van der Waals surface area (Å²) in [6.45, 7) is 14.3. The molecule has 0 aliphatic heterocycles. The van der Waals surface area contributed by atoms with E-state index >= 15 is 0 Å². The number of amides is 2. The number of aliphatic carboxylic acids is 1. The molecule has 0 atom stereocenters. The smallest absolute Gasteiger partial charge is 0.317 e. The van der Waals surface area contributed by atoms with Crippen LogP contribution in [0.15, 0.2) is 0 Å². The zero-order valence-electron chi connectivity index (χ0n) is 14.6. The van der Waals surface area contributed by atoms with Gasteiger partial charge in [-0.3, -0.25) is 4.79 Å². The summed E-state index contributed by atoms with van der Waals surface area (Å²) >= 11 is 0. The Morgan fingerprint density at radius 2 is 1.57 bits per heavy atom. The van der Waals surface area contributed by atoms with Gasteiger partial charge in [-0.05, 0) is 40.5 Å². The summed E-state index contributed by atoms with van der Waals surface area (Å²) in [6.07, 6.45) is 2.06. The molecule has 5 heteroatoms. The van der Waals surface area contributed by atoms with E-state index in [4.69, 9.17) is 0 Å². The number of nitrogens with zero attached hydrogens (tertiary/aromatic N) is 1. The SMILES string of the molecule is CCC(CC)CN(CC)C(=O)NC(C)(C)C(C)(C)C(=O)O. The second-order valence-electron chi connectivity index (χ2n) is 6.71. The van der Waals surface area contributed by atoms with Crippen LogP contribution in [0.25, 0.3) is 0 Å². The number of urea groups is 1. The Morgan fingerprint density at radius 1 is 1.10 bits per heavy atom. The van der Waals surface area contributed by atoms with E-state index in [1.54, 1.807) is 32.6 Å². The highest BCUT2D eigenvalue weighted by Gasteiger charge is 2.44. The van der Waals surface area contributed by atoms with Gasteiger partial charge in [0.15, 0.2) is 0 Å². The first-order valence-corrected chi connectivity index (χ1v) is 7.83. The van der Waals surface area contributed by atoms with E-state index in [1.807, 2.05) is 6.92 Å². The van der Waals surface area contributed by atoms with Crippen molar-refractivity contribution in [2.75, 3.05) is 13.1 Å². The van der Waals surface area contributed by atoms with Crippen LogP contribution in [0.4, 0.5) is 4.79 Å². The van der Waals surface area contributed by atoms with Crippen LogP contribution in [-0.2, 0) is 4.79 Å². The van der Waals surface area contributed by atoms with Crippen LogP contribution >= 0.6 is 0 Å². The lowest BCUT2D eigenvalue weighted by atomic mass is 9.74. The highest BCUT2D eigenvalue weighted by atomic mass is 16.4. The van der Waals surface area contributed by atoms with Gasteiger partial charge >= 0.3 is 12.0 Å². The molecule has 5 nitrogen and oxygen atoms in total. The third-order valence-corrected chi connectivity index (χ3v) is 4.82. The maximum Gasteiger partial charge on any atom is 0.317 e. The van der Waals surface area contributed by atoms with Gasteiger partial charge < -0.3 is 15.3 Å². The van der Waals surface area contributed by atoms with Gasteiger partial charge in [-0.15, -0.1) is 0 Å². The van der Waals surface area contributed by atoms with Crippen molar-refractivity contribution in [3.05, 3.63) is 0 Å². The lowest BCUT2D eigenvalue weighted by Crippen LogP contribution is -2.59.